The molecule has 1 atom stereocenters. The Morgan fingerprint density at radius 2 is 1.85 bits per heavy atom. The van der Waals surface area contributed by atoms with Crippen molar-refractivity contribution in [1.82, 2.24) is 13.7 Å². The van der Waals surface area contributed by atoms with Crippen LogP contribution in [0.1, 0.15) is 22.9 Å². The first-order chi connectivity index (χ1) is 16.2. The van der Waals surface area contributed by atoms with Crippen molar-refractivity contribution in [3.63, 3.8) is 0 Å². The lowest BCUT2D eigenvalue weighted by atomic mass is 10.0. The van der Waals surface area contributed by atoms with E-state index in [-0.39, 0.29) is 23.4 Å². The maximum absolute atomic E-state index is 13.4. The molecule has 0 aliphatic carbocycles. The molecular formula is C24H22N4O6. The highest BCUT2D eigenvalue weighted by Gasteiger charge is 2.34. The van der Waals surface area contributed by atoms with Crippen molar-refractivity contribution in [2.75, 3.05) is 6.61 Å². The molecular weight excluding hydrogens is 440 g/mol. The van der Waals surface area contributed by atoms with Crippen LogP contribution in [0.4, 0.5) is 5.69 Å². The van der Waals surface area contributed by atoms with Gasteiger partial charge in [-0.3, -0.25) is 24.0 Å². The lowest BCUT2D eigenvalue weighted by Crippen LogP contribution is -2.37. The topological polar surface area (TPSA) is 122 Å². The van der Waals surface area contributed by atoms with Crippen LogP contribution in [-0.2, 0) is 25.4 Å². The second-order valence-electron chi connectivity index (χ2n) is 8.38. The quantitative estimate of drug-likeness (QED) is 0.369. The van der Waals surface area contributed by atoms with Crippen LogP contribution in [0.5, 0.6) is 5.75 Å². The van der Waals surface area contributed by atoms with Gasteiger partial charge in [-0.1, -0.05) is 30.3 Å². The predicted octanol–water partition coefficient (Wildman–Crippen LogP) is 2.75. The standard InChI is InChI=1S/C24H22N4O6/c1-13-8-9-14(12-16(13)28(32)33)19-18-20(25(2)24(31)26(3)23(18)30)21-22(34-11-10-27(19)21)15-6-4-5-7-17(15)29/h4-9,12,22,29H,10-11H2,1-3H3/t22-/m0/s1. The number of aryl methyl sites for hydroxylation is 2. The van der Waals surface area contributed by atoms with Crippen LogP contribution in [0.15, 0.2) is 52.1 Å². The fourth-order valence-corrected chi connectivity index (χ4v) is 4.78. The number of rotatable bonds is 3. The summed E-state index contributed by atoms with van der Waals surface area (Å²) in [5.41, 5.74) is 1.81. The summed E-state index contributed by atoms with van der Waals surface area (Å²) in [6.45, 7) is 2.29. The van der Waals surface area contributed by atoms with E-state index in [4.69, 9.17) is 4.74 Å². The Hall–Kier alpha value is -4.18. The number of nitro groups is 1. The molecule has 0 saturated carbocycles. The van der Waals surface area contributed by atoms with E-state index in [9.17, 15) is 24.8 Å². The van der Waals surface area contributed by atoms with Gasteiger partial charge >= 0.3 is 5.69 Å². The summed E-state index contributed by atoms with van der Waals surface area (Å²) in [5, 5.41) is 22.4. The average Bonchev–Trinajstić information content (AvgIpc) is 3.17. The van der Waals surface area contributed by atoms with E-state index >= 15 is 0 Å². The molecule has 4 aromatic rings. The van der Waals surface area contributed by atoms with E-state index in [1.165, 1.54) is 17.7 Å². The minimum atomic E-state index is -0.746. The third-order valence-electron chi connectivity index (χ3n) is 6.45. The summed E-state index contributed by atoms with van der Waals surface area (Å²) >= 11 is 0. The van der Waals surface area contributed by atoms with Gasteiger partial charge < -0.3 is 14.4 Å². The van der Waals surface area contributed by atoms with Crippen LogP contribution in [-0.4, -0.2) is 30.3 Å². The first-order valence-electron chi connectivity index (χ1n) is 10.7. The van der Waals surface area contributed by atoms with Gasteiger partial charge in [0.15, 0.2) is 0 Å². The van der Waals surface area contributed by atoms with E-state index in [0.717, 1.165) is 4.57 Å². The Kier molecular flexibility index (Phi) is 4.90. The largest absolute Gasteiger partial charge is 0.508 e. The van der Waals surface area contributed by atoms with Gasteiger partial charge in [0.2, 0.25) is 0 Å². The molecule has 2 aromatic heterocycles. The monoisotopic (exact) mass is 462 g/mol. The second kappa shape index (κ2) is 7.70. The van der Waals surface area contributed by atoms with Crippen molar-refractivity contribution < 1.29 is 14.8 Å². The van der Waals surface area contributed by atoms with Crippen LogP contribution in [0.2, 0.25) is 0 Å². The number of hydrogen-bond acceptors (Lipinski definition) is 6. The zero-order chi connectivity index (χ0) is 24.3. The van der Waals surface area contributed by atoms with Crippen molar-refractivity contribution in [3.05, 3.63) is 90.2 Å². The van der Waals surface area contributed by atoms with Crippen LogP contribution < -0.4 is 11.2 Å². The molecule has 10 heteroatoms. The molecule has 0 fully saturated rings. The first kappa shape index (κ1) is 21.7. The van der Waals surface area contributed by atoms with E-state index < -0.39 is 22.3 Å². The van der Waals surface area contributed by atoms with Crippen molar-refractivity contribution in [2.24, 2.45) is 14.1 Å². The first-order valence-corrected chi connectivity index (χ1v) is 10.7. The number of hydrogen-bond donors (Lipinski definition) is 1. The van der Waals surface area contributed by atoms with Crippen molar-refractivity contribution in [1.29, 1.82) is 0 Å². The highest BCUT2D eigenvalue weighted by atomic mass is 16.6. The van der Waals surface area contributed by atoms with Gasteiger partial charge in [-0.25, -0.2) is 4.79 Å². The number of para-hydroxylation sites is 1. The summed E-state index contributed by atoms with van der Waals surface area (Å²) in [6, 6.07) is 11.6. The lowest BCUT2D eigenvalue weighted by Gasteiger charge is -2.28. The summed E-state index contributed by atoms with van der Waals surface area (Å²) in [4.78, 5) is 37.5. The molecule has 0 saturated heterocycles. The summed E-state index contributed by atoms with van der Waals surface area (Å²) in [7, 11) is 2.97. The van der Waals surface area contributed by atoms with E-state index in [1.54, 1.807) is 50.4 Å². The van der Waals surface area contributed by atoms with Crippen LogP contribution in [0.3, 0.4) is 0 Å². The van der Waals surface area contributed by atoms with Gasteiger partial charge in [0.25, 0.3) is 11.2 Å². The molecule has 0 spiro atoms. The van der Waals surface area contributed by atoms with E-state index in [1.807, 2.05) is 4.57 Å². The Balaban J connectivity index is 1.96. The molecule has 5 rings (SSSR count). The normalized spacial score (nSPS) is 15.4. The lowest BCUT2D eigenvalue weighted by molar-refractivity contribution is -0.385. The fraction of sp³-hybridized carbons (Fsp3) is 0.250. The maximum atomic E-state index is 13.4. The number of nitro benzene ring substituents is 1. The molecule has 3 heterocycles. The Morgan fingerprint density at radius 1 is 1.12 bits per heavy atom. The molecule has 0 amide bonds. The number of phenolic OH excluding ortho intramolecular Hbond substituents is 1. The smallest absolute Gasteiger partial charge is 0.331 e. The number of aromatic nitrogens is 3. The number of fused-ring (bicyclic) bond motifs is 3. The molecule has 1 aliphatic heterocycles. The molecule has 2 aromatic carbocycles. The zero-order valence-corrected chi connectivity index (χ0v) is 18.8. The minimum Gasteiger partial charge on any atom is -0.508 e. The summed E-state index contributed by atoms with van der Waals surface area (Å²) < 4.78 is 10.3. The van der Waals surface area contributed by atoms with Crippen LogP contribution >= 0.6 is 0 Å². The fourth-order valence-electron chi connectivity index (χ4n) is 4.78. The molecule has 34 heavy (non-hydrogen) atoms. The third kappa shape index (κ3) is 2.99. The molecule has 0 unspecified atom stereocenters. The molecule has 1 aliphatic rings. The van der Waals surface area contributed by atoms with Gasteiger partial charge in [0, 0.05) is 43.4 Å². The van der Waals surface area contributed by atoms with Gasteiger partial charge in [-0.2, -0.15) is 0 Å². The highest BCUT2D eigenvalue weighted by molar-refractivity contribution is 5.97. The van der Waals surface area contributed by atoms with Gasteiger partial charge in [0.1, 0.15) is 11.9 Å². The molecule has 0 radical (unpaired) electrons. The van der Waals surface area contributed by atoms with Gasteiger partial charge in [-0.15, -0.1) is 0 Å². The second-order valence-corrected chi connectivity index (χ2v) is 8.38. The summed E-state index contributed by atoms with van der Waals surface area (Å²) in [6.07, 6.45) is -0.746. The average molecular weight is 462 g/mol. The number of benzene rings is 2. The third-order valence-corrected chi connectivity index (χ3v) is 6.45. The minimum absolute atomic E-state index is 0.0247. The predicted molar refractivity (Wildman–Crippen MR) is 125 cm³/mol. The van der Waals surface area contributed by atoms with Crippen molar-refractivity contribution in [3.8, 4) is 17.0 Å². The van der Waals surface area contributed by atoms with Crippen LogP contribution in [0.25, 0.3) is 22.2 Å². The van der Waals surface area contributed by atoms with Crippen molar-refractivity contribution >= 4 is 16.6 Å². The number of nitrogens with zero attached hydrogens (tertiary/aromatic N) is 4. The number of aromatic hydroxyl groups is 1. The molecule has 174 valence electrons. The SMILES string of the molecule is Cc1ccc(-c2c3c(=O)n(C)c(=O)n(C)c3c3n2CCO[C@H]3c2ccccc2O)cc1[N+](=O)[O-]. The summed E-state index contributed by atoms with van der Waals surface area (Å²) in [5.74, 6) is 0.0247. The Morgan fingerprint density at radius 3 is 2.56 bits per heavy atom. The van der Waals surface area contributed by atoms with Crippen LogP contribution in [0, 0.1) is 17.0 Å². The number of phenols is 1. The zero-order valence-electron chi connectivity index (χ0n) is 18.8. The number of ether oxygens (including phenoxy) is 1. The Bertz CT molecular complexity index is 1610. The molecule has 10 nitrogen and oxygen atoms in total. The van der Waals surface area contributed by atoms with Gasteiger partial charge in [0.05, 0.1) is 33.8 Å². The van der Waals surface area contributed by atoms with Gasteiger partial charge in [-0.05, 0) is 13.0 Å². The highest BCUT2D eigenvalue weighted by Crippen LogP contribution is 2.43. The van der Waals surface area contributed by atoms with Crippen molar-refractivity contribution in [2.45, 2.75) is 19.6 Å². The van der Waals surface area contributed by atoms with E-state index in [2.05, 4.69) is 0 Å². The maximum Gasteiger partial charge on any atom is 0.331 e. The molecule has 1 N–H and O–H groups in total. The Labute approximate surface area is 193 Å². The van der Waals surface area contributed by atoms with E-state index in [0.29, 0.717) is 40.1 Å². The molecule has 0 bridgehead atoms.